The Morgan fingerprint density at radius 3 is 2.63 bits per heavy atom. The number of likely N-dealkylation sites (tertiary alicyclic amines) is 1. The Balaban J connectivity index is 1.45. The lowest BCUT2D eigenvalue weighted by Gasteiger charge is -2.37. The molecule has 0 bridgehead atoms. The van der Waals surface area contributed by atoms with Crippen molar-refractivity contribution in [2.45, 2.75) is 30.8 Å². The third-order valence-electron chi connectivity index (χ3n) is 5.23. The molecule has 3 rings (SSSR count). The maximum absolute atomic E-state index is 12.3. The second-order valence-electron chi connectivity index (χ2n) is 7.46. The lowest BCUT2D eigenvalue weighted by atomic mass is 9.93. The monoisotopic (exact) mass is 390 g/mol. The lowest BCUT2D eigenvalue weighted by Crippen LogP contribution is -2.51. The van der Waals surface area contributed by atoms with Crippen LogP contribution < -0.4 is 10.0 Å². The highest BCUT2D eigenvalue weighted by atomic mass is 32.2. The van der Waals surface area contributed by atoms with Gasteiger partial charge in [-0.05, 0) is 30.5 Å². The Morgan fingerprint density at radius 1 is 1.15 bits per heavy atom. The number of hydrogen-bond donors (Lipinski definition) is 2. The van der Waals surface area contributed by atoms with Gasteiger partial charge in [-0.15, -0.1) is 0 Å². The molecular weight excluding hydrogens is 360 g/mol. The predicted octanol–water partition coefficient (Wildman–Crippen LogP) is 1.80. The fraction of sp³-hybridized carbons (Fsp3) is 0.500. The van der Waals surface area contributed by atoms with Crippen LogP contribution in [0.5, 0.6) is 0 Å². The number of nitrogens with one attached hydrogen (secondary N) is 2. The molecule has 6 nitrogen and oxygen atoms in total. The second-order valence-corrected chi connectivity index (χ2v) is 9.22. The van der Waals surface area contributed by atoms with Gasteiger partial charge >= 0.3 is 0 Å². The van der Waals surface area contributed by atoms with Crippen LogP contribution in [0.2, 0.25) is 0 Å². The third-order valence-corrected chi connectivity index (χ3v) is 6.68. The molecule has 2 aromatic rings. The summed E-state index contributed by atoms with van der Waals surface area (Å²) in [5.41, 5.74) is 1.33. The van der Waals surface area contributed by atoms with Crippen LogP contribution in [0, 0.1) is 5.92 Å². The normalized spacial score (nSPS) is 21.4. The lowest BCUT2D eigenvalue weighted by molar-refractivity contribution is 0.143. The average Bonchev–Trinajstić information content (AvgIpc) is 3.09. The minimum Gasteiger partial charge on any atom is -0.356 e. The molecule has 0 unspecified atom stereocenters. The van der Waals surface area contributed by atoms with E-state index in [1.807, 2.05) is 13.1 Å². The Kier molecular flexibility index (Phi) is 6.70. The maximum atomic E-state index is 12.3. The van der Waals surface area contributed by atoms with Crippen LogP contribution in [0.1, 0.15) is 18.9 Å². The van der Waals surface area contributed by atoms with Crippen LogP contribution in [0.15, 0.2) is 53.7 Å². The number of aryl methyl sites for hydroxylation is 1. The number of sulfonamides is 1. The molecule has 0 saturated carbocycles. The highest BCUT2D eigenvalue weighted by molar-refractivity contribution is 7.89. The molecule has 7 heteroatoms. The van der Waals surface area contributed by atoms with Crippen molar-refractivity contribution in [1.82, 2.24) is 19.5 Å². The van der Waals surface area contributed by atoms with Gasteiger partial charge in [-0.25, -0.2) is 13.1 Å². The van der Waals surface area contributed by atoms with Crippen molar-refractivity contribution >= 4 is 10.0 Å². The maximum Gasteiger partial charge on any atom is 0.242 e. The van der Waals surface area contributed by atoms with Crippen molar-refractivity contribution in [2.75, 3.05) is 26.2 Å². The van der Waals surface area contributed by atoms with Gasteiger partial charge in [-0.1, -0.05) is 37.3 Å². The fourth-order valence-corrected chi connectivity index (χ4v) is 4.63. The van der Waals surface area contributed by atoms with E-state index in [-0.39, 0.29) is 0 Å². The van der Waals surface area contributed by atoms with Gasteiger partial charge in [0.1, 0.15) is 0 Å². The van der Waals surface area contributed by atoms with Crippen molar-refractivity contribution < 1.29 is 8.42 Å². The number of aromatic nitrogens is 1. The quantitative estimate of drug-likeness (QED) is 0.675. The molecule has 1 fully saturated rings. The van der Waals surface area contributed by atoms with Gasteiger partial charge in [0, 0.05) is 51.7 Å². The molecule has 1 saturated heterocycles. The first kappa shape index (κ1) is 20.1. The highest BCUT2D eigenvalue weighted by Crippen LogP contribution is 2.19. The molecule has 1 aromatic heterocycles. The van der Waals surface area contributed by atoms with E-state index >= 15 is 0 Å². The van der Waals surface area contributed by atoms with Crippen molar-refractivity contribution in [3.63, 3.8) is 0 Å². The molecular formula is C20H30N4O2S. The van der Waals surface area contributed by atoms with Crippen molar-refractivity contribution in [2.24, 2.45) is 13.0 Å². The van der Waals surface area contributed by atoms with E-state index in [0.29, 0.717) is 29.9 Å². The van der Waals surface area contributed by atoms with E-state index in [1.165, 1.54) is 5.56 Å². The minimum atomic E-state index is -3.43. The summed E-state index contributed by atoms with van der Waals surface area (Å²) in [7, 11) is -1.62. The Hall–Kier alpha value is -1.67. The smallest absolute Gasteiger partial charge is 0.242 e. The first-order chi connectivity index (χ1) is 12.9. The van der Waals surface area contributed by atoms with Crippen molar-refractivity contribution in [3.05, 3.63) is 54.4 Å². The zero-order valence-corrected chi connectivity index (χ0v) is 17.0. The SMILES string of the molecule is C[C@H]1CCN(Cc2ccccc2)C[C@@H]1NCCNS(=O)(=O)c1ccn(C)c1. The van der Waals surface area contributed by atoms with E-state index < -0.39 is 10.0 Å². The standard InChI is InChI=1S/C20H30N4O2S/c1-17-8-13-24(14-18-6-4-3-5-7-18)16-20(17)21-10-11-22-27(25,26)19-9-12-23(2)15-19/h3-7,9,12,15,17,20-22H,8,10-11,13-14,16H2,1-2H3/t17-,20-/m0/s1. The highest BCUT2D eigenvalue weighted by Gasteiger charge is 2.25. The van der Waals surface area contributed by atoms with Crippen LogP contribution in [0.3, 0.4) is 0 Å². The van der Waals surface area contributed by atoms with Gasteiger partial charge in [0.15, 0.2) is 0 Å². The molecule has 1 aliphatic rings. The fourth-order valence-electron chi connectivity index (χ4n) is 3.55. The molecule has 1 aliphatic heterocycles. The third kappa shape index (κ3) is 5.65. The van der Waals surface area contributed by atoms with Crippen LogP contribution in [-0.2, 0) is 23.6 Å². The molecule has 0 radical (unpaired) electrons. The van der Waals surface area contributed by atoms with E-state index in [2.05, 4.69) is 46.1 Å². The summed E-state index contributed by atoms with van der Waals surface area (Å²) in [6.45, 7) is 6.34. The van der Waals surface area contributed by atoms with E-state index in [1.54, 1.807) is 23.0 Å². The van der Waals surface area contributed by atoms with Crippen molar-refractivity contribution in [3.8, 4) is 0 Å². The number of hydrogen-bond acceptors (Lipinski definition) is 4. The Bertz CT molecular complexity index is 820. The van der Waals surface area contributed by atoms with Crippen LogP contribution in [-0.4, -0.2) is 50.1 Å². The first-order valence-corrected chi connectivity index (χ1v) is 11.0. The summed E-state index contributed by atoms with van der Waals surface area (Å²) in [5, 5.41) is 3.54. The van der Waals surface area contributed by atoms with E-state index in [4.69, 9.17) is 0 Å². The van der Waals surface area contributed by atoms with Gasteiger partial charge in [-0.2, -0.15) is 0 Å². The minimum absolute atomic E-state index is 0.310. The largest absolute Gasteiger partial charge is 0.356 e. The molecule has 148 valence electrons. The zero-order chi connectivity index (χ0) is 19.3. The summed E-state index contributed by atoms with van der Waals surface area (Å²) in [6, 6.07) is 12.5. The Morgan fingerprint density at radius 2 is 1.93 bits per heavy atom. The summed E-state index contributed by atoms with van der Waals surface area (Å²) in [4.78, 5) is 2.78. The molecule has 2 N–H and O–H groups in total. The van der Waals surface area contributed by atoms with Crippen molar-refractivity contribution in [1.29, 1.82) is 0 Å². The number of nitrogens with zero attached hydrogens (tertiary/aromatic N) is 2. The molecule has 2 atom stereocenters. The molecule has 0 aliphatic carbocycles. The number of benzene rings is 1. The first-order valence-electron chi connectivity index (χ1n) is 9.55. The average molecular weight is 391 g/mol. The number of piperidine rings is 1. The summed E-state index contributed by atoms with van der Waals surface area (Å²) < 4.78 is 28.9. The van der Waals surface area contributed by atoms with Crippen LogP contribution in [0.4, 0.5) is 0 Å². The zero-order valence-electron chi connectivity index (χ0n) is 16.1. The summed E-state index contributed by atoms with van der Waals surface area (Å²) >= 11 is 0. The molecule has 0 amide bonds. The van der Waals surface area contributed by atoms with Gasteiger partial charge in [0.25, 0.3) is 0 Å². The van der Waals surface area contributed by atoms with Crippen LogP contribution in [0.25, 0.3) is 0 Å². The second kappa shape index (κ2) is 9.01. The summed E-state index contributed by atoms with van der Waals surface area (Å²) in [5.74, 6) is 0.586. The molecule has 27 heavy (non-hydrogen) atoms. The van der Waals surface area contributed by atoms with Gasteiger partial charge < -0.3 is 9.88 Å². The van der Waals surface area contributed by atoms with Crippen LogP contribution >= 0.6 is 0 Å². The summed E-state index contributed by atoms with van der Waals surface area (Å²) in [6.07, 6.45) is 4.50. The van der Waals surface area contributed by atoms with E-state index in [9.17, 15) is 8.42 Å². The Labute approximate surface area is 162 Å². The topological polar surface area (TPSA) is 66.4 Å². The molecule has 0 spiro atoms. The van der Waals surface area contributed by atoms with Gasteiger partial charge in [0.05, 0.1) is 4.90 Å². The molecule has 1 aromatic carbocycles. The predicted molar refractivity (Wildman–Crippen MR) is 108 cm³/mol. The van der Waals surface area contributed by atoms with E-state index in [0.717, 1.165) is 26.1 Å². The molecule has 2 heterocycles. The number of rotatable bonds is 8. The van der Waals surface area contributed by atoms with Gasteiger partial charge in [-0.3, -0.25) is 4.90 Å². The van der Waals surface area contributed by atoms with Gasteiger partial charge in [0.2, 0.25) is 10.0 Å².